The minimum absolute atomic E-state index is 0.507. The fourth-order valence-electron chi connectivity index (χ4n) is 15.2. The van der Waals surface area contributed by atoms with Crippen molar-refractivity contribution in [2.45, 2.75) is 64.6 Å². The van der Waals surface area contributed by atoms with Crippen LogP contribution in [0.2, 0.25) is 0 Å². The zero-order valence-corrected chi connectivity index (χ0v) is 60.1. The quantitative estimate of drug-likeness (QED) is 0.0380. The molecule has 0 spiro atoms. The largest absolute Gasteiger partial charge is 0.493 e. The highest BCUT2D eigenvalue weighted by Gasteiger charge is 2.23. The fraction of sp³-hybridized carbons (Fsp3) is 0.156. The van der Waals surface area contributed by atoms with Gasteiger partial charge in [0.15, 0.2) is 0 Å². The molecule has 0 aliphatic heterocycles. The molecule has 490 valence electrons. The second-order valence-corrected chi connectivity index (χ2v) is 32.1. The van der Waals surface area contributed by atoms with Crippen LogP contribution in [0, 0.1) is 0 Å². The number of thiophene rings is 6. The molecule has 4 nitrogen and oxygen atoms in total. The molecule has 10 heteroatoms. The highest BCUT2D eigenvalue weighted by atomic mass is 32.1. The van der Waals surface area contributed by atoms with Gasteiger partial charge in [0, 0.05) is 50.1 Å². The Balaban J connectivity index is 0.649. The number of fused-ring (bicyclic) bond motifs is 2. The Morgan fingerprint density at radius 2 is 0.640 bits per heavy atom. The van der Waals surface area contributed by atoms with E-state index < -0.39 is 0 Å². The number of rotatable bonds is 27. The molecule has 0 bridgehead atoms. The molecule has 0 amide bonds. The normalized spacial score (nSPS) is 12.0. The van der Waals surface area contributed by atoms with Crippen molar-refractivity contribution >= 4 is 154 Å². The summed E-state index contributed by atoms with van der Waals surface area (Å²) >= 11 is 11.0. The molecule has 0 N–H and O–H groups in total. The minimum Gasteiger partial charge on any atom is -0.493 e. The second kappa shape index (κ2) is 28.2. The lowest BCUT2D eigenvalue weighted by molar-refractivity contribution is 0.124. The number of unbranched alkanes of at least 4 members (excludes halogenated alkanes) is 2. The van der Waals surface area contributed by atoms with Crippen LogP contribution in [-0.4, -0.2) is 26.4 Å². The summed E-state index contributed by atoms with van der Waals surface area (Å²) in [5.74, 6) is 1.71. The zero-order valence-electron chi connectivity index (χ0n) is 55.2. The van der Waals surface area contributed by atoms with E-state index in [2.05, 4.69) is 252 Å². The molecule has 0 saturated carbocycles. The van der Waals surface area contributed by atoms with Crippen molar-refractivity contribution in [2.75, 3.05) is 26.4 Å². The number of hydrogen-bond acceptors (Lipinski definition) is 10. The average Bonchev–Trinajstić information content (AvgIpc) is 0.889. The zero-order chi connectivity index (χ0) is 66.3. The molecular formula is C90H70O4S6. The molecule has 6 heterocycles. The number of hydrogen-bond donors (Lipinski definition) is 0. The van der Waals surface area contributed by atoms with E-state index in [1.807, 2.05) is 22.7 Å². The van der Waals surface area contributed by atoms with E-state index in [-0.39, 0.29) is 0 Å². The van der Waals surface area contributed by atoms with Crippen molar-refractivity contribution in [3.63, 3.8) is 0 Å². The molecule has 0 radical (unpaired) electrons. The van der Waals surface area contributed by atoms with Gasteiger partial charge in [-0.2, -0.15) is 0 Å². The van der Waals surface area contributed by atoms with Gasteiger partial charge in [-0.05, 0) is 253 Å². The van der Waals surface area contributed by atoms with Crippen molar-refractivity contribution < 1.29 is 18.9 Å². The summed E-state index contributed by atoms with van der Waals surface area (Å²) < 4.78 is 27.6. The van der Waals surface area contributed by atoms with Crippen LogP contribution in [0.3, 0.4) is 0 Å². The first-order valence-corrected chi connectivity index (χ1v) is 40.0. The molecule has 0 unspecified atom stereocenters. The number of ether oxygens (including phenoxy) is 4. The van der Waals surface area contributed by atoms with Crippen molar-refractivity contribution in [1.82, 2.24) is 0 Å². The van der Waals surface area contributed by atoms with Gasteiger partial charge in [-0.1, -0.05) is 170 Å². The van der Waals surface area contributed by atoms with Gasteiger partial charge in [-0.15, -0.1) is 68.0 Å². The lowest BCUT2D eigenvalue weighted by Gasteiger charge is -2.21. The Hall–Kier alpha value is -9.04. The van der Waals surface area contributed by atoms with E-state index in [9.17, 15) is 0 Å². The molecule has 18 aromatic rings. The maximum absolute atomic E-state index is 7.19. The summed E-state index contributed by atoms with van der Waals surface area (Å²) in [6.45, 7) is 3.40. The van der Waals surface area contributed by atoms with Crippen LogP contribution in [0.25, 0.3) is 136 Å². The summed E-state index contributed by atoms with van der Waals surface area (Å²) in [6.07, 6.45) is 7.41. The lowest BCUT2D eigenvalue weighted by Crippen LogP contribution is -2.04. The van der Waals surface area contributed by atoms with E-state index in [1.54, 1.807) is 45.3 Å². The molecule has 100 heavy (non-hydrogen) atoms. The maximum atomic E-state index is 7.19. The molecule has 0 aliphatic rings. The van der Waals surface area contributed by atoms with E-state index in [1.165, 1.54) is 126 Å². The van der Waals surface area contributed by atoms with Crippen LogP contribution in [-0.2, 0) is 48.4 Å². The molecule has 6 aromatic heterocycles. The Morgan fingerprint density at radius 3 is 1.06 bits per heavy atom. The monoisotopic (exact) mass is 1410 g/mol. The van der Waals surface area contributed by atoms with Gasteiger partial charge >= 0.3 is 0 Å². The fourth-order valence-corrected chi connectivity index (χ4v) is 21.0. The maximum Gasteiger partial charge on any atom is 0.127 e. The topological polar surface area (TPSA) is 36.9 Å². The molecule has 12 aromatic carbocycles. The highest BCUT2D eigenvalue weighted by molar-refractivity contribution is 7.26. The van der Waals surface area contributed by atoms with E-state index >= 15 is 0 Å². The molecule has 0 saturated heterocycles. The van der Waals surface area contributed by atoms with E-state index in [0.29, 0.717) is 39.6 Å². The third kappa shape index (κ3) is 12.5. The van der Waals surface area contributed by atoms with Crippen LogP contribution in [0.15, 0.2) is 252 Å². The summed E-state index contributed by atoms with van der Waals surface area (Å²) in [5, 5.41) is 29.2. The van der Waals surface area contributed by atoms with E-state index in [4.69, 9.17) is 18.9 Å². The Morgan fingerprint density at radius 1 is 0.260 bits per heavy atom. The SMILES string of the molecule is c1csc(-c2cc(CCOCc3ccc4c(-c5c(OCCCCc6ccc7ccc8cccc9ccc6c7c89)ccc6cc(COCCc7cc(-c8cccs8)sc7-c7cccs7)ccc56)c(OCCCCc5ccc6ccc7cccc8ccc5c6c78)ccc4c3)c(-c3cccs3)s2)c1. The minimum atomic E-state index is 0.507. The number of aryl methyl sites for hydroxylation is 2. The average molecular weight is 1410 g/mol. The van der Waals surface area contributed by atoms with Gasteiger partial charge in [0.2, 0.25) is 0 Å². The van der Waals surface area contributed by atoms with Crippen molar-refractivity contribution in [3.8, 4) is 61.6 Å². The Bertz CT molecular complexity index is 5480. The first kappa shape index (κ1) is 63.2. The van der Waals surface area contributed by atoms with Gasteiger partial charge in [0.05, 0.1) is 39.6 Å². The van der Waals surface area contributed by atoms with Gasteiger partial charge in [-0.25, -0.2) is 0 Å². The third-order valence-electron chi connectivity index (χ3n) is 20.0. The third-order valence-corrected chi connectivity index (χ3v) is 26.6. The molecule has 0 atom stereocenters. The summed E-state index contributed by atoms with van der Waals surface area (Å²) in [7, 11) is 0. The van der Waals surface area contributed by atoms with Gasteiger partial charge < -0.3 is 18.9 Å². The standard InChI is InChI=1S/C90H70O4S6/c1(11-59-23-25-65-29-27-61-13-5-15-63-31-37-71(59)85(65)83(61)63)3-43-93-75-39-33-67-51-57(55-91-45-41-69-53-81(77-17-7-47-95-77)99-89(69)79-19-9-49-97-79)21-35-73(67)87(75)88-74-36-22-58(56-92-46-42-70-54-82(78-18-8-48-96-78)100-90(70)80-20-10-50-98-80)52-68(74)34-40-76(88)94-44-4-2-12-60-24-26-66-30-28-62-14-6-16-64-32-38-72(60)86(66)84(62)64/h5-10,13-40,47-54H,1-4,11-12,41-46,55-56H2. The summed E-state index contributed by atoms with van der Waals surface area (Å²) in [5.41, 5.74) is 9.84. The lowest BCUT2D eigenvalue weighted by atomic mass is 9.90. The van der Waals surface area contributed by atoms with Gasteiger partial charge in [0.25, 0.3) is 0 Å². The number of benzene rings is 12. The highest BCUT2D eigenvalue weighted by Crippen LogP contribution is 2.48. The van der Waals surface area contributed by atoms with Crippen molar-refractivity contribution in [2.24, 2.45) is 0 Å². The first-order valence-electron chi connectivity index (χ1n) is 34.8. The Labute approximate surface area is 606 Å². The Kier molecular flexibility index (Phi) is 17.8. The van der Waals surface area contributed by atoms with Crippen molar-refractivity contribution in [1.29, 1.82) is 0 Å². The molecule has 18 rings (SSSR count). The van der Waals surface area contributed by atoms with Crippen molar-refractivity contribution in [3.05, 3.63) is 285 Å². The van der Waals surface area contributed by atoms with Crippen LogP contribution in [0.5, 0.6) is 11.5 Å². The first-order chi connectivity index (χ1) is 49.6. The van der Waals surface area contributed by atoms with E-state index in [0.717, 1.165) is 107 Å². The van der Waals surface area contributed by atoms with Crippen LogP contribution in [0.1, 0.15) is 59.1 Å². The van der Waals surface area contributed by atoms with Crippen LogP contribution >= 0.6 is 68.0 Å². The predicted molar refractivity (Wildman–Crippen MR) is 433 cm³/mol. The van der Waals surface area contributed by atoms with Crippen LogP contribution in [0.4, 0.5) is 0 Å². The summed E-state index contributed by atoms with van der Waals surface area (Å²) in [4.78, 5) is 10.6. The molecular weight excluding hydrogens is 1340 g/mol. The summed E-state index contributed by atoms with van der Waals surface area (Å²) in [6, 6.07) is 85.9. The van der Waals surface area contributed by atoms with Gasteiger partial charge in [-0.3, -0.25) is 0 Å². The second-order valence-electron chi connectivity index (χ2n) is 26.2. The predicted octanol–water partition coefficient (Wildman–Crippen LogP) is 26.8. The van der Waals surface area contributed by atoms with Gasteiger partial charge in [0.1, 0.15) is 11.5 Å². The molecule has 0 fully saturated rings. The molecule has 0 aliphatic carbocycles. The smallest absolute Gasteiger partial charge is 0.127 e. The van der Waals surface area contributed by atoms with Crippen LogP contribution < -0.4 is 9.47 Å².